The van der Waals surface area contributed by atoms with Crippen LogP contribution in [0.2, 0.25) is 0 Å². The zero-order valence-electron chi connectivity index (χ0n) is 12.7. The van der Waals surface area contributed by atoms with Gasteiger partial charge in [-0.05, 0) is 30.9 Å². The van der Waals surface area contributed by atoms with E-state index in [-0.39, 0.29) is 5.91 Å². The summed E-state index contributed by atoms with van der Waals surface area (Å²) in [4.78, 5) is 14.3. The number of hydrogen-bond acceptors (Lipinski definition) is 4. The topological polar surface area (TPSA) is 51.0 Å². The van der Waals surface area contributed by atoms with E-state index in [1.165, 1.54) is 18.2 Å². The molecule has 0 radical (unpaired) electrons. The molecule has 5 nitrogen and oxygen atoms in total. The summed E-state index contributed by atoms with van der Waals surface area (Å²) in [5.74, 6) is 1.22. The van der Waals surface area contributed by atoms with E-state index in [0.717, 1.165) is 30.4 Å². The van der Waals surface area contributed by atoms with Crippen LogP contribution in [0.5, 0.6) is 0 Å². The molecule has 0 N–H and O–H groups in total. The van der Waals surface area contributed by atoms with Crippen molar-refractivity contribution in [2.24, 2.45) is 5.92 Å². The van der Waals surface area contributed by atoms with Crippen molar-refractivity contribution in [1.82, 2.24) is 19.7 Å². The molecule has 6 heteroatoms. The van der Waals surface area contributed by atoms with Gasteiger partial charge in [-0.1, -0.05) is 36.9 Å². The fraction of sp³-hybridized carbons (Fsp3) is 0.438. The summed E-state index contributed by atoms with van der Waals surface area (Å²) in [6.07, 6.45) is 4.02. The Morgan fingerprint density at radius 3 is 2.95 bits per heavy atom. The van der Waals surface area contributed by atoms with Gasteiger partial charge in [-0.2, -0.15) is 0 Å². The lowest BCUT2D eigenvalue weighted by molar-refractivity contribution is -0.130. The Hall–Kier alpha value is -1.82. The van der Waals surface area contributed by atoms with Gasteiger partial charge in [0, 0.05) is 18.8 Å². The number of carbonyl (C=O) groups is 1. The Bertz CT molecular complexity index is 628. The number of likely N-dealkylation sites (tertiary alicyclic amines) is 1. The van der Waals surface area contributed by atoms with Crippen LogP contribution >= 0.6 is 11.8 Å². The number of nitrogens with zero attached hydrogens (tertiary/aromatic N) is 4. The number of carbonyl (C=O) groups excluding carboxylic acids is 1. The summed E-state index contributed by atoms with van der Waals surface area (Å²) in [6.45, 7) is 3.97. The average molecular weight is 316 g/mol. The Labute approximate surface area is 134 Å². The molecule has 22 heavy (non-hydrogen) atoms. The molecular weight excluding hydrogens is 296 g/mol. The molecule has 0 spiro atoms. The van der Waals surface area contributed by atoms with Gasteiger partial charge in [0.05, 0.1) is 5.75 Å². The first-order valence-corrected chi connectivity index (χ1v) is 8.58. The fourth-order valence-corrected chi connectivity index (χ4v) is 3.55. The molecule has 1 fully saturated rings. The minimum atomic E-state index is 0.194. The molecule has 3 rings (SSSR count). The molecule has 2 aromatic rings. The highest BCUT2D eigenvalue weighted by Crippen LogP contribution is 2.21. The smallest absolute Gasteiger partial charge is 0.233 e. The van der Waals surface area contributed by atoms with Gasteiger partial charge in [0.2, 0.25) is 5.91 Å². The van der Waals surface area contributed by atoms with E-state index in [9.17, 15) is 4.79 Å². The average Bonchev–Trinajstić information content (AvgIpc) is 3.02. The van der Waals surface area contributed by atoms with E-state index in [1.807, 2.05) is 39.8 Å². The minimum absolute atomic E-state index is 0.194. The second-order valence-corrected chi connectivity index (χ2v) is 6.64. The van der Waals surface area contributed by atoms with Crippen LogP contribution < -0.4 is 0 Å². The van der Waals surface area contributed by atoms with E-state index in [2.05, 4.69) is 17.1 Å². The molecule has 1 saturated heterocycles. The molecule has 0 unspecified atom stereocenters. The maximum atomic E-state index is 12.3. The van der Waals surface area contributed by atoms with E-state index in [4.69, 9.17) is 0 Å². The molecule has 2 heterocycles. The van der Waals surface area contributed by atoms with Crippen LogP contribution in [-0.4, -0.2) is 44.4 Å². The van der Waals surface area contributed by atoms with Crippen LogP contribution in [0, 0.1) is 5.92 Å². The first-order chi connectivity index (χ1) is 10.7. The highest BCUT2D eigenvalue weighted by Gasteiger charge is 2.21. The lowest BCUT2D eigenvalue weighted by Crippen LogP contribution is -2.40. The molecule has 1 atom stereocenters. The van der Waals surface area contributed by atoms with Gasteiger partial charge in [-0.15, -0.1) is 10.2 Å². The van der Waals surface area contributed by atoms with Crippen LogP contribution in [0.1, 0.15) is 19.8 Å². The van der Waals surface area contributed by atoms with Crippen molar-refractivity contribution in [2.45, 2.75) is 24.9 Å². The highest BCUT2D eigenvalue weighted by molar-refractivity contribution is 7.99. The summed E-state index contributed by atoms with van der Waals surface area (Å²) in [5.41, 5.74) is 1.01. The first kappa shape index (κ1) is 15.1. The SMILES string of the molecule is C[C@@H]1CCCN(C(=O)CSc2nncn2-c2ccccc2)C1. The predicted molar refractivity (Wildman–Crippen MR) is 87.1 cm³/mol. The summed E-state index contributed by atoms with van der Waals surface area (Å²) in [6, 6.07) is 9.93. The molecule has 1 aromatic carbocycles. The zero-order chi connectivity index (χ0) is 15.4. The van der Waals surface area contributed by atoms with Crippen molar-refractivity contribution in [3.63, 3.8) is 0 Å². The molecule has 116 valence electrons. The highest BCUT2D eigenvalue weighted by atomic mass is 32.2. The standard InChI is InChI=1S/C16H20N4OS/c1-13-6-5-9-19(10-13)15(21)11-22-16-18-17-12-20(16)14-7-3-2-4-8-14/h2-4,7-8,12-13H,5-6,9-11H2,1H3/t13-/m1/s1. The Kier molecular flexibility index (Phi) is 4.77. The van der Waals surface area contributed by atoms with Crippen molar-refractivity contribution in [3.8, 4) is 5.69 Å². The number of hydrogen-bond donors (Lipinski definition) is 0. The second-order valence-electron chi connectivity index (χ2n) is 5.69. The van der Waals surface area contributed by atoms with Crippen LogP contribution in [-0.2, 0) is 4.79 Å². The normalized spacial score (nSPS) is 18.4. The van der Waals surface area contributed by atoms with Gasteiger partial charge in [-0.3, -0.25) is 9.36 Å². The van der Waals surface area contributed by atoms with E-state index in [1.54, 1.807) is 6.33 Å². The fourth-order valence-electron chi connectivity index (χ4n) is 2.72. The molecule has 1 aliphatic rings. The third kappa shape index (κ3) is 3.50. The molecule has 1 aliphatic heterocycles. The molecule has 1 amide bonds. The van der Waals surface area contributed by atoms with Gasteiger partial charge in [0.25, 0.3) is 0 Å². The van der Waals surface area contributed by atoms with Crippen molar-refractivity contribution < 1.29 is 4.79 Å². The number of rotatable bonds is 4. The lowest BCUT2D eigenvalue weighted by atomic mass is 10.0. The number of amides is 1. The summed E-state index contributed by atoms with van der Waals surface area (Å²) < 4.78 is 1.91. The quantitative estimate of drug-likeness (QED) is 0.814. The molecule has 0 bridgehead atoms. The summed E-state index contributed by atoms with van der Waals surface area (Å²) in [7, 11) is 0. The monoisotopic (exact) mass is 316 g/mol. The minimum Gasteiger partial charge on any atom is -0.342 e. The van der Waals surface area contributed by atoms with Crippen LogP contribution in [0.3, 0.4) is 0 Å². The van der Waals surface area contributed by atoms with Crippen LogP contribution in [0.4, 0.5) is 0 Å². The molecule has 0 saturated carbocycles. The van der Waals surface area contributed by atoms with Crippen molar-refractivity contribution >= 4 is 17.7 Å². The largest absolute Gasteiger partial charge is 0.342 e. The van der Waals surface area contributed by atoms with Gasteiger partial charge < -0.3 is 4.90 Å². The third-order valence-electron chi connectivity index (χ3n) is 3.89. The molecular formula is C16H20N4OS. The van der Waals surface area contributed by atoms with E-state index < -0.39 is 0 Å². The lowest BCUT2D eigenvalue weighted by Gasteiger charge is -2.30. The Morgan fingerprint density at radius 1 is 1.36 bits per heavy atom. The van der Waals surface area contributed by atoms with Crippen molar-refractivity contribution in [3.05, 3.63) is 36.7 Å². The molecule has 1 aromatic heterocycles. The Morgan fingerprint density at radius 2 is 2.18 bits per heavy atom. The number of para-hydroxylation sites is 1. The van der Waals surface area contributed by atoms with Crippen LogP contribution in [0.15, 0.2) is 41.8 Å². The number of aromatic nitrogens is 3. The van der Waals surface area contributed by atoms with Gasteiger partial charge in [0.1, 0.15) is 6.33 Å². The number of benzene rings is 1. The molecule has 0 aliphatic carbocycles. The Balaban J connectivity index is 1.63. The summed E-state index contributed by atoms with van der Waals surface area (Å²) in [5, 5.41) is 8.85. The first-order valence-electron chi connectivity index (χ1n) is 7.60. The van der Waals surface area contributed by atoms with Gasteiger partial charge >= 0.3 is 0 Å². The zero-order valence-corrected chi connectivity index (χ0v) is 13.5. The number of piperidine rings is 1. The predicted octanol–water partition coefficient (Wildman–Crippen LogP) is 2.62. The third-order valence-corrected chi connectivity index (χ3v) is 4.81. The van der Waals surface area contributed by atoms with Gasteiger partial charge in [0.15, 0.2) is 5.16 Å². The van der Waals surface area contributed by atoms with Crippen molar-refractivity contribution in [1.29, 1.82) is 0 Å². The maximum Gasteiger partial charge on any atom is 0.233 e. The van der Waals surface area contributed by atoms with Crippen LogP contribution in [0.25, 0.3) is 5.69 Å². The van der Waals surface area contributed by atoms with Crippen molar-refractivity contribution in [2.75, 3.05) is 18.8 Å². The number of thioether (sulfide) groups is 1. The second kappa shape index (κ2) is 6.96. The van der Waals surface area contributed by atoms with E-state index >= 15 is 0 Å². The van der Waals surface area contributed by atoms with E-state index in [0.29, 0.717) is 11.7 Å². The summed E-state index contributed by atoms with van der Waals surface area (Å²) >= 11 is 1.45. The maximum absolute atomic E-state index is 12.3. The van der Waals surface area contributed by atoms with Gasteiger partial charge in [-0.25, -0.2) is 0 Å².